The standard InChI is InChI=1S/C17H23Cl2N3O2/c1-16(2)8-11(9-17(3,4)22-16)20-14(23)15(24)21-13-6-5-10(18)7-12(13)19/h5-7,11,22H,8-9H2,1-4H3,(H,20,23)(H,21,24). The molecule has 24 heavy (non-hydrogen) atoms. The van der Waals surface area contributed by atoms with E-state index < -0.39 is 11.8 Å². The highest BCUT2D eigenvalue weighted by Gasteiger charge is 2.38. The van der Waals surface area contributed by atoms with Crippen molar-refractivity contribution in [3.63, 3.8) is 0 Å². The van der Waals surface area contributed by atoms with Crippen LogP contribution in [-0.4, -0.2) is 28.9 Å². The third-order valence-corrected chi connectivity index (χ3v) is 4.46. The van der Waals surface area contributed by atoms with E-state index in [0.717, 1.165) is 12.8 Å². The zero-order valence-corrected chi connectivity index (χ0v) is 15.8. The van der Waals surface area contributed by atoms with Crippen LogP contribution in [0.2, 0.25) is 10.0 Å². The van der Waals surface area contributed by atoms with Crippen LogP contribution in [0, 0.1) is 0 Å². The minimum Gasteiger partial charge on any atom is -0.345 e. The Hall–Kier alpha value is -1.30. The zero-order valence-electron chi connectivity index (χ0n) is 14.3. The number of hydrogen-bond donors (Lipinski definition) is 3. The Morgan fingerprint density at radius 2 is 1.67 bits per heavy atom. The van der Waals surface area contributed by atoms with Crippen LogP contribution in [0.25, 0.3) is 0 Å². The van der Waals surface area contributed by atoms with Gasteiger partial charge in [0.05, 0.1) is 10.7 Å². The average Bonchev–Trinajstić information content (AvgIpc) is 2.38. The third-order valence-electron chi connectivity index (χ3n) is 3.91. The Morgan fingerprint density at radius 3 is 2.21 bits per heavy atom. The van der Waals surface area contributed by atoms with Crippen LogP contribution in [0.4, 0.5) is 5.69 Å². The first-order chi connectivity index (χ1) is 11.0. The quantitative estimate of drug-likeness (QED) is 0.698. The maximum Gasteiger partial charge on any atom is 0.313 e. The summed E-state index contributed by atoms with van der Waals surface area (Å²) in [5.41, 5.74) is 0.123. The van der Waals surface area contributed by atoms with E-state index >= 15 is 0 Å². The summed E-state index contributed by atoms with van der Waals surface area (Å²) >= 11 is 11.8. The number of hydrogen-bond acceptors (Lipinski definition) is 3. The molecule has 1 heterocycles. The Labute approximate surface area is 152 Å². The van der Waals surface area contributed by atoms with Crippen molar-refractivity contribution < 1.29 is 9.59 Å². The van der Waals surface area contributed by atoms with Gasteiger partial charge in [-0.3, -0.25) is 9.59 Å². The van der Waals surface area contributed by atoms with Gasteiger partial charge in [0.25, 0.3) is 0 Å². The largest absolute Gasteiger partial charge is 0.345 e. The normalized spacial score (nSPS) is 19.6. The van der Waals surface area contributed by atoms with E-state index in [4.69, 9.17) is 23.2 Å². The van der Waals surface area contributed by atoms with E-state index in [0.29, 0.717) is 10.7 Å². The molecule has 2 amide bonds. The van der Waals surface area contributed by atoms with Gasteiger partial charge >= 0.3 is 11.8 Å². The van der Waals surface area contributed by atoms with Crippen LogP contribution >= 0.6 is 23.2 Å². The first kappa shape index (κ1) is 19.0. The molecule has 0 bridgehead atoms. The fourth-order valence-electron chi connectivity index (χ4n) is 3.45. The second-order valence-corrected chi connectivity index (χ2v) is 8.39. The first-order valence-corrected chi connectivity index (χ1v) is 8.59. The van der Waals surface area contributed by atoms with E-state index in [9.17, 15) is 9.59 Å². The van der Waals surface area contributed by atoms with Gasteiger partial charge in [-0.1, -0.05) is 23.2 Å². The number of halogens is 2. The van der Waals surface area contributed by atoms with Crippen LogP contribution < -0.4 is 16.0 Å². The lowest BCUT2D eigenvalue weighted by Gasteiger charge is -2.46. The van der Waals surface area contributed by atoms with Crippen molar-refractivity contribution >= 4 is 40.7 Å². The van der Waals surface area contributed by atoms with Gasteiger partial charge in [0.2, 0.25) is 0 Å². The van der Waals surface area contributed by atoms with Gasteiger partial charge in [-0.2, -0.15) is 0 Å². The summed E-state index contributed by atoms with van der Waals surface area (Å²) in [5.74, 6) is -1.41. The van der Waals surface area contributed by atoms with E-state index in [2.05, 4.69) is 43.6 Å². The predicted octanol–water partition coefficient (Wildman–Crippen LogP) is 3.36. The number of benzene rings is 1. The highest BCUT2D eigenvalue weighted by molar-refractivity contribution is 6.42. The van der Waals surface area contributed by atoms with E-state index in [1.807, 2.05) is 0 Å². The van der Waals surface area contributed by atoms with Crippen molar-refractivity contribution in [2.45, 2.75) is 57.7 Å². The molecule has 2 rings (SSSR count). The van der Waals surface area contributed by atoms with E-state index in [1.165, 1.54) is 6.07 Å². The summed E-state index contributed by atoms with van der Waals surface area (Å²) in [6.45, 7) is 8.34. The molecule has 3 N–H and O–H groups in total. The summed E-state index contributed by atoms with van der Waals surface area (Å²) in [7, 11) is 0. The number of rotatable bonds is 2. The number of nitrogens with one attached hydrogen (secondary N) is 3. The van der Waals surface area contributed by atoms with Crippen molar-refractivity contribution in [2.75, 3.05) is 5.32 Å². The predicted molar refractivity (Wildman–Crippen MR) is 97.6 cm³/mol. The maximum atomic E-state index is 12.2. The number of carbonyl (C=O) groups excluding carboxylic acids is 2. The topological polar surface area (TPSA) is 70.2 Å². The molecule has 1 aromatic rings. The smallest absolute Gasteiger partial charge is 0.313 e. The number of amides is 2. The summed E-state index contributed by atoms with van der Waals surface area (Å²) in [6.07, 6.45) is 1.49. The van der Waals surface area contributed by atoms with Crippen molar-refractivity contribution in [1.82, 2.24) is 10.6 Å². The van der Waals surface area contributed by atoms with Crippen molar-refractivity contribution in [1.29, 1.82) is 0 Å². The molecule has 1 aliphatic rings. The first-order valence-electron chi connectivity index (χ1n) is 7.84. The molecule has 0 radical (unpaired) electrons. The number of carbonyl (C=O) groups is 2. The molecule has 1 saturated heterocycles. The number of piperidine rings is 1. The van der Waals surface area contributed by atoms with Crippen molar-refractivity contribution in [2.24, 2.45) is 0 Å². The lowest BCUT2D eigenvalue weighted by atomic mass is 9.79. The van der Waals surface area contributed by atoms with Crippen LogP contribution in [0.15, 0.2) is 18.2 Å². The Kier molecular flexibility index (Phi) is 5.47. The van der Waals surface area contributed by atoms with Gasteiger partial charge < -0.3 is 16.0 Å². The van der Waals surface area contributed by atoms with Crippen LogP contribution in [-0.2, 0) is 9.59 Å². The van der Waals surface area contributed by atoms with Crippen LogP contribution in [0.1, 0.15) is 40.5 Å². The highest BCUT2D eigenvalue weighted by atomic mass is 35.5. The van der Waals surface area contributed by atoms with E-state index in [1.54, 1.807) is 12.1 Å². The summed E-state index contributed by atoms with van der Waals surface area (Å²) < 4.78 is 0. The van der Waals surface area contributed by atoms with Gasteiger partial charge in [-0.15, -0.1) is 0 Å². The van der Waals surface area contributed by atoms with Gasteiger partial charge in [0, 0.05) is 22.1 Å². The fourth-order valence-corrected chi connectivity index (χ4v) is 3.90. The SMILES string of the molecule is CC1(C)CC(NC(=O)C(=O)Nc2ccc(Cl)cc2Cl)CC(C)(C)N1. The Bertz CT molecular complexity index is 643. The molecule has 0 unspecified atom stereocenters. The molecule has 5 nitrogen and oxygen atoms in total. The zero-order chi connectivity index (χ0) is 18.1. The monoisotopic (exact) mass is 371 g/mol. The molecular formula is C17H23Cl2N3O2. The summed E-state index contributed by atoms with van der Waals surface area (Å²) in [5, 5.41) is 9.61. The summed E-state index contributed by atoms with van der Waals surface area (Å²) in [4.78, 5) is 24.3. The van der Waals surface area contributed by atoms with Crippen molar-refractivity contribution in [3.8, 4) is 0 Å². The lowest BCUT2D eigenvalue weighted by molar-refractivity contribution is -0.137. The molecular weight excluding hydrogens is 349 g/mol. The molecule has 132 valence electrons. The average molecular weight is 372 g/mol. The van der Waals surface area contributed by atoms with Crippen molar-refractivity contribution in [3.05, 3.63) is 28.2 Å². The van der Waals surface area contributed by atoms with Gasteiger partial charge in [0.15, 0.2) is 0 Å². The van der Waals surface area contributed by atoms with Gasteiger partial charge in [-0.05, 0) is 58.7 Å². The molecule has 7 heteroatoms. The molecule has 0 aromatic heterocycles. The molecule has 0 saturated carbocycles. The Morgan fingerprint density at radius 1 is 1.08 bits per heavy atom. The minimum atomic E-state index is -0.742. The summed E-state index contributed by atoms with van der Waals surface area (Å²) in [6, 6.07) is 4.59. The van der Waals surface area contributed by atoms with Crippen LogP contribution in [0.5, 0.6) is 0 Å². The second-order valence-electron chi connectivity index (χ2n) is 7.55. The molecule has 1 aliphatic heterocycles. The number of anilines is 1. The van der Waals surface area contributed by atoms with Crippen LogP contribution in [0.3, 0.4) is 0 Å². The van der Waals surface area contributed by atoms with Gasteiger partial charge in [-0.25, -0.2) is 0 Å². The van der Waals surface area contributed by atoms with E-state index in [-0.39, 0.29) is 22.1 Å². The highest BCUT2D eigenvalue weighted by Crippen LogP contribution is 2.28. The molecule has 0 spiro atoms. The Balaban J connectivity index is 2.00. The fraction of sp³-hybridized carbons (Fsp3) is 0.529. The second kappa shape index (κ2) is 6.90. The van der Waals surface area contributed by atoms with Gasteiger partial charge in [0.1, 0.15) is 0 Å². The molecule has 0 atom stereocenters. The minimum absolute atomic E-state index is 0.0739. The molecule has 0 aliphatic carbocycles. The maximum absolute atomic E-state index is 12.2. The third kappa shape index (κ3) is 5.10. The lowest BCUT2D eigenvalue weighted by Crippen LogP contribution is -2.62. The molecule has 1 fully saturated rings. The molecule has 1 aromatic carbocycles.